The molecule has 0 bridgehead atoms. The van der Waals surface area contributed by atoms with Crippen LogP contribution in [0, 0.1) is 18.3 Å². The summed E-state index contributed by atoms with van der Waals surface area (Å²) in [5.74, 6) is 0.747. The molecule has 5 nitrogen and oxygen atoms in total. The van der Waals surface area contributed by atoms with Crippen LogP contribution in [0.1, 0.15) is 23.0 Å². The van der Waals surface area contributed by atoms with Gasteiger partial charge >= 0.3 is 0 Å². The zero-order valence-corrected chi connectivity index (χ0v) is 11.6. The average molecular weight is 281 g/mol. The largest absolute Gasteiger partial charge is 0.470 e. The number of nitriles is 1. The van der Waals surface area contributed by atoms with Gasteiger partial charge in [0.25, 0.3) is 0 Å². The van der Waals surface area contributed by atoms with Gasteiger partial charge in [-0.2, -0.15) is 5.26 Å². The molecular weight excluding hydrogens is 266 g/mol. The predicted octanol–water partition coefficient (Wildman–Crippen LogP) is 1.90. The van der Waals surface area contributed by atoms with Crippen LogP contribution in [0.25, 0.3) is 11.3 Å². The van der Waals surface area contributed by atoms with Gasteiger partial charge < -0.3 is 9.84 Å². The Balaban J connectivity index is 2.16. The summed E-state index contributed by atoms with van der Waals surface area (Å²) in [6, 6.07) is 11.6. The van der Waals surface area contributed by atoms with Gasteiger partial charge in [0.05, 0.1) is 23.6 Å². The smallest absolute Gasteiger partial charge is 0.178 e. The standard InChI is InChI=1S/C16H15N3O2/c1-10-11(9-17)8-13-15(19-10)12-4-2-3-5-14(12)21-16(13)18-6-7-20/h2-5,8,16,18,20H,6-7H2,1H3/t16-/m1/s1. The van der Waals surface area contributed by atoms with Crippen molar-refractivity contribution in [2.45, 2.75) is 13.2 Å². The van der Waals surface area contributed by atoms with Gasteiger partial charge in [-0.05, 0) is 25.1 Å². The second-order valence-electron chi connectivity index (χ2n) is 4.84. The molecule has 1 aliphatic rings. The number of ether oxygens (including phenoxy) is 1. The van der Waals surface area contributed by atoms with Crippen LogP contribution in [0.2, 0.25) is 0 Å². The number of nitrogens with one attached hydrogen (secondary N) is 1. The van der Waals surface area contributed by atoms with Crippen molar-refractivity contribution in [1.29, 1.82) is 5.26 Å². The van der Waals surface area contributed by atoms with E-state index in [1.165, 1.54) is 0 Å². The van der Waals surface area contributed by atoms with Gasteiger partial charge in [0.2, 0.25) is 0 Å². The number of nitrogens with zero attached hydrogens (tertiary/aromatic N) is 2. The third-order valence-electron chi connectivity index (χ3n) is 3.47. The van der Waals surface area contributed by atoms with Crippen LogP contribution in [-0.4, -0.2) is 23.2 Å². The summed E-state index contributed by atoms with van der Waals surface area (Å²) in [7, 11) is 0. The van der Waals surface area contributed by atoms with Crippen LogP contribution in [0.15, 0.2) is 30.3 Å². The Kier molecular flexibility index (Phi) is 3.57. The van der Waals surface area contributed by atoms with Crippen molar-refractivity contribution in [1.82, 2.24) is 10.3 Å². The minimum atomic E-state index is -0.415. The van der Waals surface area contributed by atoms with Crippen LogP contribution < -0.4 is 10.1 Å². The number of aliphatic hydroxyl groups is 1. The monoisotopic (exact) mass is 281 g/mol. The molecule has 1 aromatic carbocycles. The van der Waals surface area contributed by atoms with Crippen molar-refractivity contribution in [2.75, 3.05) is 13.2 Å². The molecule has 5 heteroatoms. The van der Waals surface area contributed by atoms with E-state index < -0.39 is 6.23 Å². The lowest BCUT2D eigenvalue weighted by molar-refractivity contribution is 0.150. The van der Waals surface area contributed by atoms with Crippen molar-refractivity contribution in [3.63, 3.8) is 0 Å². The summed E-state index contributed by atoms with van der Waals surface area (Å²) in [5.41, 5.74) is 3.80. The second kappa shape index (κ2) is 5.52. The maximum Gasteiger partial charge on any atom is 0.178 e. The molecular formula is C16H15N3O2. The maximum atomic E-state index is 9.19. The summed E-state index contributed by atoms with van der Waals surface area (Å²) in [6.45, 7) is 2.25. The fourth-order valence-electron chi connectivity index (χ4n) is 2.45. The van der Waals surface area contributed by atoms with E-state index in [-0.39, 0.29) is 6.61 Å². The highest BCUT2D eigenvalue weighted by Gasteiger charge is 2.27. The van der Waals surface area contributed by atoms with Crippen molar-refractivity contribution in [3.8, 4) is 23.1 Å². The number of pyridine rings is 1. The average Bonchev–Trinajstić information content (AvgIpc) is 2.52. The van der Waals surface area contributed by atoms with E-state index in [0.29, 0.717) is 17.8 Å². The van der Waals surface area contributed by atoms with Gasteiger partial charge in [-0.25, -0.2) is 0 Å². The highest BCUT2D eigenvalue weighted by atomic mass is 16.5. The number of fused-ring (bicyclic) bond motifs is 3. The Morgan fingerprint density at radius 2 is 2.24 bits per heavy atom. The zero-order chi connectivity index (χ0) is 14.8. The van der Waals surface area contributed by atoms with Gasteiger partial charge in [-0.3, -0.25) is 10.3 Å². The number of rotatable bonds is 3. The molecule has 0 saturated heterocycles. The second-order valence-corrected chi connectivity index (χ2v) is 4.84. The minimum absolute atomic E-state index is 0.0151. The molecule has 0 fully saturated rings. The molecule has 1 atom stereocenters. The molecule has 0 radical (unpaired) electrons. The predicted molar refractivity (Wildman–Crippen MR) is 77.6 cm³/mol. The lowest BCUT2D eigenvalue weighted by Gasteiger charge is -2.29. The first-order valence-electron chi connectivity index (χ1n) is 6.76. The topological polar surface area (TPSA) is 78.2 Å². The third-order valence-corrected chi connectivity index (χ3v) is 3.47. The summed E-state index contributed by atoms with van der Waals surface area (Å²) < 4.78 is 5.93. The lowest BCUT2D eigenvalue weighted by Crippen LogP contribution is -2.31. The van der Waals surface area contributed by atoms with E-state index in [0.717, 1.165) is 22.6 Å². The summed E-state index contributed by atoms with van der Waals surface area (Å²) in [6.07, 6.45) is -0.415. The Hall–Kier alpha value is -2.42. The fraction of sp³-hybridized carbons (Fsp3) is 0.250. The summed E-state index contributed by atoms with van der Waals surface area (Å²) in [4.78, 5) is 4.58. The number of aromatic nitrogens is 1. The highest BCUT2D eigenvalue weighted by Crippen LogP contribution is 2.40. The van der Waals surface area contributed by atoms with E-state index in [1.807, 2.05) is 37.3 Å². The molecule has 2 N–H and O–H groups in total. The molecule has 3 rings (SSSR count). The molecule has 2 aromatic rings. The quantitative estimate of drug-likeness (QED) is 0.898. The van der Waals surface area contributed by atoms with Crippen LogP contribution in [0.4, 0.5) is 0 Å². The first-order chi connectivity index (χ1) is 10.2. The number of hydrogen-bond acceptors (Lipinski definition) is 5. The number of para-hydroxylation sites is 1. The summed E-state index contributed by atoms with van der Waals surface area (Å²) >= 11 is 0. The van der Waals surface area contributed by atoms with Gasteiger partial charge in [0.1, 0.15) is 11.8 Å². The molecule has 21 heavy (non-hydrogen) atoms. The van der Waals surface area contributed by atoms with E-state index >= 15 is 0 Å². The molecule has 106 valence electrons. The van der Waals surface area contributed by atoms with Gasteiger partial charge in [0.15, 0.2) is 6.23 Å². The lowest BCUT2D eigenvalue weighted by atomic mass is 9.98. The van der Waals surface area contributed by atoms with Crippen LogP contribution >= 0.6 is 0 Å². The number of aliphatic hydroxyl groups excluding tert-OH is 1. The summed E-state index contributed by atoms with van der Waals surface area (Å²) in [5, 5.41) is 21.3. The highest BCUT2D eigenvalue weighted by molar-refractivity contribution is 5.73. The first-order valence-corrected chi connectivity index (χ1v) is 6.76. The molecule has 1 aliphatic heterocycles. The first kappa shape index (κ1) is 13.6. The molecule has 0 saturated carbocycles. The zero-order valence-electron chi connectivity index (χ0n) is 11.6. The van der Waals surface area contributed by atoms with E-state index in [1.54, 1.807) is 0 Å². The Bertz CT molecular complexity index is 722. The Labute approximate surface area is 122 Å². The minimum Gasteiger partial charge on any atom is -0.470 e. The van der Waals surface area contributed by atoms with Gasteiger partial charge in [-0.15, -0.1) is 0 Å². The van der Waals surface area contributed by atoms with Crippen molar-refractivity contribution in [3.05, 3.63) is 47.2 Å². The number of benzene rings is 1. The van der Waals surface area contributed by atoms with E-state index in [4.69, 9.17) is 9.84 Å². The molecule has 0 aliphatic carbocycles. The Morgan fingerprint density at radius 3 is 3.00 bits per heavy atom. The third kappa shape index (κ3) is 2.35. The van der Waals surface area contributed by atoms with E-state index in [2.05, 4.69) is 16.4 Å². The SMILES string of the molecule is Cc1nc2c(cc1C#N)[C@H](NCCO)Oc1ccccc1-2. The van der Waals surface area contributed by atoms with Crippen LogP contribution in [-0.2, 0) is 0 Å². The maximum absolute atomic E-state index is 9.19. The molecule has 2 heterocycles. The van der Waals surface area contributed by atoms with E-state index in [9.17, 15) is 5.26 Å². The molecule has 0 unspecified atom stereocenters. The Morgan fingerprint density at radius 1 is 1.43 bits per heavy atom. The molecule has 1 aromatic heterocycles. The molecule has 0 amide bonds. The van der Waals surface area contributed by atoms with Crippen molar-refractivity contribution >= 4 is 0 Å². The van der Waals surface area contributed by atoms with Gasteiger partial charge in [-0.1, -0.05) is 12.1 Å². The van der Waals surface area contributed by atoms with Crippen LogP contribution in [0.3, 0.4) is 0 Å². The van der Waals surface area contributed by atoms with Crippen LogP contribution in [0.5, 0.6) is 5.75 Å². The van der Waals surface area contributed by atoms with Crippen molar-refractivity contribution in [2.24, 2.45) is 0 Å². The number of aryl methyl sites for hydroxylation is 1. The fourth-order valence-corrected chi connectivity index (χ4v) is 2.45. The molecule has 0 spiro atoms. The van der Waals surface area contributed by atoms with Gasteiger partial charge in [0, 0.05) is 17.7 Å². The normalized spacial score (nSPS) is 15.6. The number of hydrogen-bond donors (Lipinski definition) is 2. The van der Waals surface area contributed by atoms with Crippen molar-refractivity contribution < 1.29 is 9.84 Å².